The smallest absolute Gasteiger partial charge is 0.329 e. The molecule has 2 heterocycles. The van der Waals surface area contributed by atoms with E-state index in [0.717, 1.165) is 11.1 Å². The number of Topliss-reactive ketones (excluding diaryl/α,β-unsaturated/α-hetero) is 1. The Morgan fingerprint density at radius 2 is 1.63 bits per heavy atom. The molecule has 1 fully saturated rings. The number of hydrogen-bond acceptors (Lipinski definition) is 6. The number of esters is 1. The van der Waals surface area contributed by atoms with E-state index in [2.05, 4.69) is 10.3 Å². The minimum atomic E-state index is -0.815. The summed E-state index contributed by atoms with van der Waals surface area (Å²) in [6, 6.07) is 20.2. The summed E-state index contributed by atoms with van der Waals surface area (Å²) in [5, 5.41) is 2.82. The molecule has 0 aliphatic carbocycles. The Morgan fingerprint density at radius 1 is 0.921 bits per heavy atom. The number of benzene rings is 2. The van der Waals surface area contributed by atoms with E-state index in [4.69, 9.17) is 4.74 Å². The molecule has 38 heavy (non-hydrogen) atoms. The van der Waals surface area contributed by atoms with E-state index in [1.54, 1.807) is 42.7 Å². The van der Waals surface area contributed by atoms with Crippen molar-refractivity contribution in [3.8, 4) is 0 Å². The van der Waals surface area contributed by atoms with Crippen molar-refractivity contribution in [2.24, 2.45) is 0 Å². The second kappa shape index (κ2) is 13.3. The van der Waals surface area contributed by atoms with E-state index in [-0.39, 0.29) is 43.5 Å². The summed E-state index contributed by atoms with van der Waals surface area (Å²) in [4.78, 5) is 57.3. The van der Waals surface area contributed by atoms with Gasteiger partial charge in [0.2, 0.25) is 5.91 Å². The molecule has 4 rings (SSSR count). The van der Waals surface area contributed by atoms with Crippen molar-refractivity contribution in [1.82, 2.24) is 15.2 Å². The third-order valence-corrected chi connectivity index (χ3v) is 6.55. The fraction of sp³-hybridized carbons (Fsp3) is 0.300. The molecule has 1 aliphatic heterocycles. The fourth-order valence-corrected chi connectivity index (χ4v) is 4.51. The van der Waals surface area contributed by atoms with Gasteiger partial charge in [-0.05, 0) is 42.2 Å². The first kappa shape index (κ1) is 26.7. The van der Waals surface area contributed by atoms with Crippen LogP contribution in [-0.4, -0.2) is 52.1 Å². The van der Waals surface area contributed by atoms with Gasteiger partial charge in [0.15, 0.2) is 5.78 Å². The predicted molar refractivity (Wildman–Crippen MR) is 141 cm³/mol. The number of rotatable bonds is 11. The van der Waals surface area contributed by atoms with Crippen molar-refractivity contribution in [3.05, 3.63) is 102 Å². The molecule has 0 unspecified atom stereocenters. The van der Waals surface area contributed by atoms with E-state index >= 15 is 0 Å². The maximum Gasteiger partial charge on any atom is 0.329 e. The van der Waals surface area contributed by atoms with Crippen LogP contribution in [0.2, 0.25) is 0 Å². The summed E-state index contributed by atoms with van der Waals surface area (Å²) >= 11 is 0. The van der Waals surface area contributed by atoms with Crippen LogP contribution in [0.1, 0.15) is 47.2 Å². The van der Waals surface area contributed by atoms with Crippen molar-refractivity contribution < 1.29 is 23.9 Å². The topological polar surface area (TPSA) is 106 Å². The Balaban J connectivity index is 1.35. The standard InChI is InChI=1S/C30H31N3O5/c34-27(25(19-23-11-7-17-31-20-23)32-29(36)24-12-5-2-6-13-24)15-16-28(35)33-18-8-14-26(33)30(37)38-21-22-9-3-1-4-10-22/h1-7,9-13,17,20,25-26H,8,14-16,18-19,21H2,(H,32,36)/t25-,26-/m0/s1. The molecule has 2 atom stereocenters. The minimum Gasteiger partial charge on any atom is -0.459 e. The Bertz CT molecular complexity index is 1230. The number of amides is 2. The van der Waals surface area contributed by atoms with Crippen molar-refractivity contribution >= 4 is 23.6 Å². The molecule has 1 aliphatic rings. The van der Waals surface area contributed by atoms with Crippen molar-refractivity contribution in [1.29, 1.82) is 0 Å². The van der Waals surface area contributed by atoms with Gasteiger partial charge in [-0.2, -0.15) is 0 Å². The van der Waals surface area contributed by atoms with Gasteiger partial charge in [0.05, 0.1) is 6.04 Å². The first-order valence-electron chi connectivity index (χ1n) is 12.8. The molecule has 2 amide bonds. The van der Waals surface area contributed by atoms with Crippen LogP contribution in [0.25, 0.3) is 0 Å². The van der Waals surface area contributed by atoms with Crippen molar-refractivity contribution in [3.63, 3.8) is 0 Å². The molecule has 2 aromatic carbocycles. The van der Waals surface area contributed by atoms with Crippen molar-refractivity contribution in [2.75, 3.05) is 6.54 Å². The molecule has 196 valence electrons. The Labute approximate surface area is 222 Å². The zero-order valence-corrected chi connectivity index (χ0v) is 21.1. The Hall–Kier alpha value is -4.33. The van der Waals surface area contributed by atoms with Crippen LogP contribution in [0, 0.1) is 0 Å². The van der Waals surface area contributed by atoms with E-state index in [1.807, 2.05) is 42.5 Å². The highest BCUT2D eigenvalue weighted by atomic mass is 16.5. The number of likely N-dealkylation sites (tertiary alicyclic amines) is 1. The maximum absolute atomic E-state index is 13.2. The van der Waals surface area contributed by atoms with Crippen LogP contribution in [0.15, 0.2) is 85.2 Å². The van der Waals surface area contributed by atoms with Crippen LogP contribution >= 0.6 is 0 Å². The largest absolute Gasteiger partial charge is 0.459 e. The molecule has 1 saturated heterocycles. The summed E-state index contributed by atoms with van der Waals surface area (Å²) < 4.78 is 5.46. The molecule has 1 N–H and O–H groups in total. The lowest BCUT2D eigenvalue weighted by molar-refractivity contribution is -0.154. The van der Waals surface area contributed by atoms with Crippen LogP contribution < -0.4 is 5.32 Å². The highest BCUT2D eigenvalue weighted by molar-refractivity contribution is 5.98. The maximum atomic E-state index is 13.2. The monoisotopic (exact) mass is 513 g/mol. The lowest BCUT2D eigenvalue weighted by atomic mass is 9.99. The molecule has 0 radical (unpaired) electrons. The summed E-state index contributed by atoms with van der Waals surface area (Å²) in [6.45, 7) is 0.593. The molecular weight excluding hydrogens is 482 g/mol. The second-order valence-electron chi connectivity index (χ2n) is 9.26. The third-order valence-electron chi connectivity index (χ3n) is 6.55. The molecule has 3 aromatic rings. The van der Waals surface area contributed by atoms with Crippen LogP contribution in [0.4, 0.5) is 0 Å². The number of ether oxygens (including phenoxy) is 1. The Morgan fingerprint density at radius 3 is 2.34 bits per heavy atom. The number of aromatic nitrogens is 1. The molecule has 8 nitrogen and oxygen atoms in total. The second-order valence-corrected chi connectivity index (χ2v) is 9.26. The average Bonchev–Trinajstić information content (AvgIpc) is 3.46. The van der Waals surface area contributed by atoms with E-state index < -0.39 is 18.1 Å². The van der Waals surface area contributed by atoms with Gasteiger partial charge in [0.1, 0.15) is 12.6 Å². The average molecular weight is 514 g/mol. The van der Waals surface area contributed by atoms with Gasteiger partial charge in [-0.25, -0.2) is 4.79 Å². The van der Waals surface area contributed by atoms with Crippen LogP contribution in [0.5, 0.6) is 0 Å². The molecule has 1 aromatic heterocycles. The molecule has 8 heteroatoms. The third kappa shape index (κ3) is 7.35. The van der Waals surface area contributed by atoms with Gasteiger partial charge in [0, 0.05) is 43.8 Å². The predicted octanol–water partition coefficient (Wildman–Crippen LogP) is 3.51. The quantitative estimate of drug-likeness (QED) is 0.394. The lowest BCUT2D eigenvalue weighted by Gasteiger charge is -2.24. The number of hydrogen-bond donors (Lipinski definition) is 1. The molecule has 0 bridgehead atoms. The number of ketones is 1. The SMILES string of the molecule is O=C(N[C@@H](Cc1cccnc1)C(=O)CCC(=O)N1CCC[C@H]1C(=O)OCc1ccccc1)c1ccccc1. The van der Waals surface area contributed by atoms with Gasteiger partial charge in [-0.3, -0.25) is 19.4 Å². The number of nitrogens with zero attached hydrogens (tertiary/aromatic N) is 2. The van der Waals surface area contributed by atoms with Crippen LogP contribution in [0.3, 0.4) is 0 Å². The zero-order valence-electron chi connectivity index (χ0n) is 21.1. The van der Waals surface area contributed by atoms with Gasteiger partial charge in [0.25, 0.3) is 5.91 Å². The number of pyridine rings is 1. The van der Waals surface area contributed by atoms with Gasteiger partial charge in [-0.1, -0.05) is 54.6 Å². The summed E-state index contributed by atoms with van der Waals surface area (Å²) in [5.74, 6) is -1.32. The number of nitrogens with one attached hydrogen (secondary N) is 1. The first-order chi connectivity index (χ1) is 18.5. The summed E-state index contributed by atoms with van der Waals surface area (Å²) in [6.07, 6.45) is 4.67. The Kier molecular flexibility index (Phi) is 9.34. The fourth-order valence-electron chi connectivity index (χ4n) is 4.51. The highest BCUT2D eigenvalue weighted by Gasteiger charge is 2.35. The van der Waals surface area contributed by atoms with Gasteiger partial charge < -0.3 is 15.0 Å². The van der Waals surface area contributed by atoms with Gasteiger partial charge >= 0.3 is 5.97 Å². The first-order valence-corrected chi connectivity index (χ1v) is 12.8. The zero-order chi connectivity index (χ0) is 26.7. The lowest BCUT2D eigenvalue weighted by Crippen LogP contribution is -2.44. The van der Waals surface area contributed by atoms with Gasteiger partial charge in [-0.15, -0.1) is 0 Å². The molecule has 0 saturated carbocycles. The number of carbonyl (C=O) groups excluding carboxylic acids is 4. The van der Waals surface area contributed by atoms with E-state index in [9.17, 15) is 19.2 Å². The molecular formula is C30H31N3O5. The normalized spacial score (nSPS) is 15.5. The van der Waals surface area contributed by atoms with Crippen molar-refractivity contribution in [2.45, 2.75) is 50.8 Å². The summed E-state index contributed by atoms with van der Waals surface area (Å²) in [7, 11) is 0. The minimum absolute atomic E-state index is 0.0496. The molecule has 0 spiro atoms. The van der Waals surface area contributed by atoms with E-state index in [0.29, 0.717) is 24.9 Å². The summed E-state index contributed by atoms with van der Waals surface area (Å²) in [5.41, 5.74) is 2.12. The number of carbonyl (C=O) groups is 4. The van der Waals surface area contributed by atoms with Crippen LogP contribution in [-0.2, 0) is 32.1 Å². The highest BCUT2D eigenvalue weighted by Crippen LogP contribution is 2.21. The van der Waals surface area contributed by atoms with E-state index in [1.165, 1.54) is 4.90 Å².